The monoisotopic (exact) mass is 1540 g/mol. The minimum atomic E-state index is -2.42. The van der Waals surface area contributed by atoms with Crippen LogP contribution in [0.15, 0.2) is 122 Å². The zero-order chi connectivity index (χ0) is 81.4. The van der Waals surface area contributed by atoms with E-state index >= 15 is 4.39 Å². The number of carbonyl (C=O) groups excluding carboxylic acids is 11. The Labute approximate surface area is 638 Å². The molecule has 11 atom stereocenters. The molecule has 0 spiro atoms. The number of carbonyl (C=O) groups is 13. The molecule has 594 valence electrons. The predicted octanol–water partition coefficient (Wildman–Crippen LogP) is 0.162. The number of aliphatic hydroxyl groups excluding tert-OH is 3. The van der Waals surface area contributed by atoms with Crippen molar-refractivity contribution in [1.29, 1.82) is 0 Å². The van der Waals surface area contributed by atoms with Gasteiger partial charge in [0.1, 0.15) is 64.9 Å². The Morgan fingerprint density at radius 1 is 0.685 bits per heavy atom. The van der Waals surface area contributed by atoms with Gasteiger partial charge in [-0.1, -0.05) is 85.8 Å². The number of carboxylic acid groups (broad SMARTS) is 2. The number of aryl methyl sites for hydroxylation is 3. The molecule has 0 saturated carbocycles. The summed E-state index contributed by atoms with van der Waals surface area (Å²) in [5.41, 5.74) is 8.43. The molecule has 11 amide bonds. The Hall–Kier alpha value is -12.0. The summed E-state index contributed by atoms with van der Waals surface area (Å²) in [4.78, 5) is 191. The summed E-state index contributed by atoms with van der Waals surface area (Å²) in [5, 5.41) is 73.2. The van der Waals surface area contributed by atoms with Gasteiger partial charge in [0.05, 0.1) is 50.9 Å². The van der Waals surface area contributed by atoms with Gasteiger partial charge in [0.15, 0.2) is 0 Å². The number of nitrogens with one attached hydrogen (secondary N) is 10. The number of likely N-dealkylation sites (tertiary alicyclic amines) is 1. The second-order valence-electron chi connectivity index (χ2n) is 27.5. The lowest BCUT2D eigenvalue weighted by Crippen LogP contribution is -2.67. The van der Waals surface area contributed by atoms with Crippen molar-refractivity contribution in [3.05, 3.63) is 161 Å². The summed E-state index contributed by atoms with van der Waals surface area (Å²) in [7, 11) is 1.55. The third-order valence-corrected chi connectivity index (χ3v) is 19.0. The molecule has 1 fully saturated rings. The number of hydrogen-bond donors (Lipinski definition) is 16. The number of aromatic amines is 1. The number of imidazole rings is 1. The average Bonchev–Trinajstić information content (AvgIpc) is 1.71. The number of aliphatic hydroxyl groups is 3. The number of aromatic nitrogens is 3. The van der Waals surface area contributed by atoms with Crippen molar-refractivity contribution in [3.63, 3.8) is 0 Å². The molecule has 6 aromatic rings. The Balaban J connectivity index is 1.05. The number of primary amides is 1. The van der Waals surface area contributed by atoms with Crippen LogP contribution in [0.2, 0.25) is 0 Å². The highest BCUT2D eigenvalue weighted by Gasteiger charge is 2.47. The molecule has 33 nitrogen and oxygen atoms in total. The largest absolute Gasteiger partial charge is 0.497 e. The zero-order valence-corrected chi connectivity index (χ0v) is 62.4. The van der Waals surface area contributed by atoms with Gasteiger partial charge in [0, 0.05) is 62.3 Å². The Morgan fingerprint density at radius 3 is 1.93 bits per heavy atom. The molecular formula is C77H95FN14O19. The highest BCUT2D eigenvalue weighted by molar-refractivity contribution is 6.01. The van der Waals surface area contributed by atoms with Crippen LogP contribution in [-0.2, 0) is 94.4 Å². The summed E-state index contributed by atoms with van der Waals surface area (Å²) >= 11 is 0. The standard InChI is InChI=1S/C77H95FN14O19/c1-8-47-34-51(111-7)24-25-53(47)48-21-18-45(19-22-48)32-58(69(104)84-57(67(79)102)33-46-20-26-55(81-37-46)52-16-11-9-14-42(52)2)85-70(105)59(35-64(100)101)86-71(106)60(40-93)87-72(107)65(43(3)94)90-74(109)76(5,36-49-15-10-12-17-54(49)78)91-73(108)66(44(4)95)89-61(96)39-82-68(103)56(27-29-63(98)99)88-75(110)77(6)30-13-31-92(77)62(97)28-23-50-38-80-41-83-50/h9-12,14-22,24-26,34,37-38,41,43-44,56-60,65-66,93-95H,8,13,23,27-33,35-36,39-40H2,1-7H3,(H2,79,102)(H,80,83)(H,82,103)(H,84,104)(H,85,105)(H,86,106)(H,87,107)(H,88,110)(H,89,96)(H,90,109)(H,91,108)(H,98,99)(H,100,101)/t43-,44-,56+,57+,58+,59+,60+,65+,66+,76+,77-/m1/s1. The lowest BCUT2D eigenvalue weighted by atomic mass is 9.90. The fourth-order valence-corrected chi connectivity index (χ4v) is 12.6. The number of hydrogen-bond acceptors (Lipinski definition) is 19. The van der Waals surface area contributed by atoms with Crippen LogP contribution in [0.25, 0.3) is 22.4 Å². The molecule has 7 rings (SSSR count). The lowest BCUT2D eigenvalue weighted by molar-refractivity contribution is -0.145. The van der Waals surface area contributed by atoms with E-state index in [0.29, 0.717) is 41.1 Å². The van der Waals surface area contributed by atoms with Crippen LogP contribution < -0.4 is 58.3 Å². The van der Waals surface area contributed by atoms with Gasteiger partial charge < -0.3 is 93.7 Å². The smallest absolute Gasteiger partial charge is 0.305 e. The first-order valence-electron chi connectivity index (χ1n) is 35.9. The third kappa shape index (κ3) is 24.0. The Kier molecular flexibility index (Phi) is 31.0. The molecule has 0 bridgehead atoms. The number of amides is 11. The quantitative estimate of drug-likeness (QED) is 0.0244. The van der Waals surface area contributed by atoms with Crippen molar-refractivity contribution >= 4 is 76.9 Å². The van der Waals surface area contributed by atoms with Gasteiger partial charge in [-0.05, 0) is 130 Å². The molecule has 1 saturated heterocycles. The molecule has 0 radical (unpaired) electrons. The number of benzene rings is 4. The topological polar surface area (TPSA) is 511 Å². The number of nitrogens with two attached hydrogens (primary N) is 1. The van der Waals surface area contributed by atoms with E-state index in [1.54, 1.807) is 55.8 Å². The minimum absolute atomic E-state index is 0.0120. The van der Waals surface area contributed by atoms with Gasteiger partial charge in [0.25, 0.3) is 0 Å². The maximum atomic E-state index is 15.5. The zero-order valence-electron chi connectivity index (χ0n) is 62.4. The lowest BCUT2D eigenvalue weighted by Gasteiger charge is -2.35. The van der Waals surface area contributed by atoms with Gasteiger partial charge in [-0.15, -0.1) is 0 Å². The van der Waals surface area contributed by atoms with Crippen LogP contribution in [0.5, 0.6) is 5.75 Å². The van der Waals surface area contributed by atoms with Crippen molar-refractivity contribution in [1.82, 2.24) is 67.7 Å². The Morgan fingerprint density at radius 2 is 1.32 bits per heavy atom. The van der Waals surface area contributed by atoms with Crippen molar-refractivity contribution in [3.8, 4) is 28.1 Å². The van der Waals surface area contributed by atoms with Gasteiger partial charge in [-0.25, -0.2) is 9.37 Å². The van der Waals surface area contributed by atoms with E-state index in [0.717, 1.165) is 54.7 Å². The molecule has 17 N–H and O–H groups in total. The highest BCUT2D eigenvalue weighted by atomic mass is 19.1. The molecule has 1 aliphatic heterocycles. The number of carboxylic acids is 2. The summed E-state index contributed by atoms with van der Waals surface area (Å²) < 4.78 is 20.9. The summed E-state index contributed by atoms with van der Waals surface area (Å²) in [5.74, 6) is -15.4. The first-order chi connectivity index (χ1) is 52.7. The molecule has 0 unspecified atom stereocenters. The summed E-state index contributed by atoms with van der Waals surface area (Å²) in [6.45, 7) is 6.46. The second-order valence-corrected chi connectivity index (χ2v) is 27.5. The third-order valence-electron chi connectivity index (χ3n) is 19.0. The second kappa shape index (κ2) is 39.9. The number of aliphatic carboxylic acids is 2. The van der Waals surface area contributed by atoms with E-state index in [9.17, 15) is 87.9 Å². The van der Waals surface area contributed by atoms with Crippen molar-refractivity contribution < 1.29 is 97.0 Å². The van der Waals surface area contributed by atoms with Crippen LogP contribution in [-0.4, -0.2) is 215 Å². The fourth-order valence-electron chi connectivity index (χ4n) is 12.6. The van der Waals surface area contributed by atoms with Crippen molar-refractivity contribution in [2.45, 2.75) is 178 Å². The predicted molar refractivity (Wildman–Crippen MR) is 398 cm³/mol. The number of nitrogens with zero attached hydrogens (tertiary/aromatic N) is 3. The first-order valence-corrected chi connectivity index (χ1v) is 35.9. The van der Waals surface area contributed by atoms with E-state index in [1.165, 1.54) is 42.5 Å². The van der Waals surface area contributed by atoms with Gasteiger partial charge in [-0.2, -0.15) is 0 Å². The highest BCUT2D eigenvalue weighted by Crippen LogP contribution is 2.32. The molecule has 2 aromatic heterocycles. The minimum Gasteiger partial charge on any atom is -0.497 e. The molecule has 4 aromatic carbocycles. The molecule has 3 heterocycles. The van der Waals surface area contributed by atoms with E-state index in [2.05, 4.69) is 62.8 Å². The van der Waals surface area contributed by atoms with Crippen molar-refractivity contribution in [2.24, 2.45) is 5.73 Å². The number of methoxy groups -OCH3 is 1. The average molecular weight is 1540 g/mol. The number of rotatable bonds is 40. The fraction of sp³-hybridized carbons (Fsp3) is 0.416. The molecular weight excluding hydrogens is 1440 g/mol. The van der Waals surface area contributed by atoms with Crippen LogP contribution >= 0.6 is 0 Å². The van der Waals surface area contributed by atoms with Crippen LogP contribution in [0.3, 0.4) is 0 Å². The first kappa shape index (κ1) is 86.2. The number of H-pyrrole nitrogens is 1. The number of pyridine rings is 1. The Bertz CT molecular complexity index is 4340. The normalized spacial score (nSPS) is 16.2. The van der Waals surface area contributed by atoms with E-state index in [-0.39, 0.29) is 50.1 Å². The van der Waals surface area contributed by atoms with Gasteiger partial charge in [-0.3, -0.25) is 67.3 Å². The van der Waals surface area contributed by atoms with E-state index in [1.807, 2.05) is 50.2 Å². The van der Waals surface area contributed by atoms with Crippen LogP contribution in [0, 0.1) is 12.7 Å². The van der Waals surface area contributed by atoms with Gasteiger partial charge >= 0.3 is 11.9 Å². The number of ether oxygens (including phenoxy) is 1. The van der Waals surface area contributed by atoms with Crippen LogP contribution in [0.4, 0.5) is 4.39 Å². The maximum absolute atomic E-state index is 15.5. The summed E-state index contributed by atoms with van der Waals surface area (Å²) in [6.07, 6.45) is -1.14. The molecule has 111 heavy (non-hydrogen) atoms. The van der Waals surface area contributed by atoms with Crippen molar-refractivity contribution in [2.75, 3.05) is 26.8 Å². The molecule has 1 aliphatic rings. The number of halogens is 1. The SMILES string of the molecule is CCc1cc(OC)ccc1-c1ccc(C[C@H](NC(=O)[C@H](CC(=O)O)NC(=O)[C@H](CO)NC(=O)[C@@H](NC(=O)[C@](C)(Cc2ccccc2F)NC(=O)[C@@H](NC(=O)CNC(=O)[C@H](CCC(=O)O)NC(=O)[C@@]2(C)CCCN2C(=O)CCc2cnc[nH]2)[C@@H](C)O)[C@@H](C)O)C(=O)N[C@@H](Cc2ccc(-c3ccccc3C)nc2)C(N)=O)cc1. The van der Waals surface area contributed by atoms with Gasteiger partial charge in [0.2, 0.25) is 65.0 Å². The molecule has 34 heteroatoms. The maximum Gasteiger partial charge on any atom is 0.305 e. The van der Waals surface area contributed by atoms with E-state index < -0.39 is 181 Å². The van der Waals surface area contributed by atoms with Crippen LogP contribution in [0.1, 0.15) is 107 Å². The summed E-state index contributed by atoms with van der Waals surface area (Å²) in [6, 6.07) is 15.4. The molecule has 0 aliphatic carbocycles. The van der Waals surface area contributed by atoms with E-state index in [4.69, 9.17) is 10.5 Å².